The molecule has 110 valence electrons. The summed E-state index contributed by atoms with van der Waals surface area (Å²) in [5.41, 5.74) is 2.60. The largest absolute Gasteiger partial charge is 0.481 e. The number of thioether (sulfide) groups is 1. The maximum Gasteiger partial charge on any atom is 0.338 e. The van der Waals surface area contributed by atoms with Gasteiger partial charge in [-0.1, -0.05) is 17.8 Å². The summed E-state index contributed by atoms with van der Waals surface area (Å²) in [6.07, 6.45) is 0. The molecule has 1 N–H and O–H groups in total. The number of hydrogen-bond acceptors (Lipinski definition) is 5. The van der Waals surface area contributed by atoms with Crippen molar-refractivity contribution in [2.24, 2.45) is 0 Å². The molecule has 0 radical (unpaired) electrons. The fraction of sp³-hybridized carbons (Fsp3) is 0.267. The van der Waals surface area contributed by atoms with Gasteiger partial charge in [-0.3, -0.25) is 0 Å². The molecule has 0 aliphatic carbocycles. The molecule has 0 atom stereocenters. The highest BCUT2D eigenvalue weighted by Gasteiger charge is 2.16. The van der Waals surface area contributed by atoms with E-state index in [0.29, 0.717) is 16.7 Å². The molecule has 6 heteroatoms. The number of aromatic carboxylic acids is 1. The minimum Gasteiger partial charge on any atom is -0.481 e. The minimum absolute atomic E-state index is 0.258. The summed E-state index contributed by atoms with van der Waals surface area (Å²) < 4.78 is 5.08. The average molecular weight is 304 g/mol. The summed E-state index contributed by atoms with van der Waals surface area (Å²) in [7, 11) is 1.56. The van der Waals surface area contributed by atoms with Crippen LogP contribution in [0.3, 0.4) is 0 Å². The smallest absolute Gasteiger partial charge is 0.338 e. The van der Waals surface area contributed by atoms with Crippen LogP contribution < -0.4 is 4.74 Å². The first kappa shape index (κ1) is 15.3. The second-order valence-electron chi connectivity index (χ2n) is 4.53. The molecule has 0 fully saturated rings. The summed E-state index contributed by atoms with van der Waals surface area (Å²) in [5.74, 6) is 0.119. The third-order valence-corrected chi connectivity index (χ3v) is 3.88. The van der Waals surface area contributed by atoms with Gasteiger partial charge in [0.2, 0.25) is 5.88 Å². The molecule has 0 saturated carbocycles. The molecule has 0 aromatic carbocycles. The molecule has 0 amide bonds. The molecule has 2 aromatic heterocycles. The van der Waals surface area contributed by atoms with Crippen molar-refractivity contribution in [1.82, 2.24) is 9.97 Å². The highest BCUT2D eigenvalue weighted by Crippen LogP contribution is 2.27. The van der Waals surface area contributed by atoms with Crippen LogP contribution >= 0.6 is 11.8 Å². The molecule has 0 bridgehead atoms. The molecule has 5 nitrogen and oxygen atoms in total. The predicted octanol–water partition coefficient (Wildman–Crippen LogP) is 3.09. The van der Waals surface area contributed by atoms with Crippen molar-refractivity contribution in [2.45, 2.75) is 24.6 Å². The van der Waals surface area contributed by atoms with Crippen molar-refractivity contribution < 1.29 is 14.6 Å². The lowest BCUT2D eigenvalue weighted by Crippen LogP contribution is -2.05. The number of ether oxygens (including phenoxy) is 1. The molecule has 2 heterocycles. The van der Waals surface area contributed by atoms with Gasteiger partial charge in [0.05, 0.1) is 18.4 Å². The standard InChI is InChI=1S/C15H16N2O3S/c1-9-7-10(2)16-14(13(9)15(18)19)21-8-11-5-4-6-12(17-11)20-3/h4-7H,8H2,1-3H3,(H,18,19). The molecule has 0 unspecified atom stereocenters. The van der Waals surface area contributed by atoms with Crippen molar-refractivity contribution in [1.29, 1.82) is 0 Å². The highest BCUT2D eigenvalue weighted by atomic mass is 32.2. The van der Waals surface area contributed by atoms with Crippen molar-refractivity contribution in [3.8, 4) is 5.88 Å². The van der Waals surface area contributed by atoms with E-state index in [1.165, 1.54) is 11.8 Å². The maximum absolute atomic E-state index is 11.4. The van der Waals surface area contributed by atoms with E-state index in [2.05, 4.69) is 9.97 Å². The first-order chi connectivity index (χ1) is 10.0. The first-order valence-corrected chi connectivity index (χ1v) is 7.34. The second-order valence-corrected chi connectivity index (χ2v) is 5.49. The number of pyridine rings is 2. The lowest BCUT2D eigenvalue weighted by atomic mass is 10.1. The lowest BCUT2D eigenvalue weighted by molar-refractivity contribution is 0.0691. The number of carboxylic acid groups (broad SMARTS) is 1. The second kappa shape index (κ2) is 6.58. The van der Waals surface area contributed by atoms with Crippen LogP contribution in [-0.2, 0) is 5.75 Å². The Morgan fingerprint density at radius 1 is 1.33 bits per heavy atom. The summed E-state index contributed by atoms with van der Waals surface area (Å²) >= 11 is 1.37. The molecule has 0 aliphatic rings. The van der Waals surface area contributed by atoms with Gasteiger partial charge in [-0.25, -0.2) is 14.8 Å². The van der Waals surface area contributed by atoms with E-state index in [4.69, 9.17) is 4.74 Å². The molecule has 2 aromatic rings. The number of rotatable bonds is 5. The Balaban J connectivity index is 2.25. The van der Waals surface area contributed by atoms with Crippen LogP contribution in [0.2, 0.25) is 0 Å². The van der Waals surface area contributed by atoms with Gasteiger partial charge < -0.3 is 9.84 Å². The van der Waals surface area contributed by atoms with E-state index in [-0.39, 0.29) is 5.56 Å². The van der Waals surface area contributed by atoms with Gasteiger partial charge >= 0.3 is 5.97 Å². The van der Waals surface area contributed by atoms with E-state index < -0.39 is 5.97 Å². The number of hydrogen-bond donors (Lipinski definition) is 1. The number of methoxy groups -OCH3 is 1. The van der Waals surface area contributed by atoms with E-state index in [1.54, 1.807) is 26.2 Å². The third kappa shape index (κ3) is 3.72. The van der Waals surface area contributed by atoms with Gasteiger partial charge in [0.1, 0.15) is 5.03 Å². The summed E-state index contributed by atoms with van der Waals surface area (Å²) in [6.45, 7) is 3.64. The van der Waals surface area contributed by atoms with Crippen LogP contribution in [0, 0.1) is 13.8 Å². The zero-order chi connectivity index (χ0) is 15.4. The van der Waals surface area contributed by atoms with Gasteiger partial charge in [0, 0.05) is 17.5 Å². The molecule has 0 saturated heterocycles. The molecule has 0 spiro atoms. The topological polar surface area (TPSA) is 72.3 Å². The van der Waals surface area contributed by atoms with Gasteiger partial charge in [-0.2, -0.15) is 0 Å². The normalized spacial score (nSPS) is 10.4. The zero-order valence-electron chi connectivity index (χ0n) is 12.1. The van der Waals surface area contributed by atoms with Crippen molar-refractivity contribution in [3.05, 3.63) is 46.8 Å². The van der Waals surface area contributed by atoms with Gasteiger partial charge in [0.15, 0.2) is 0 Å². The Morgan fingerprint density at radius 2 is 2.10 bits per heavy atom. The number of carboxylic acids is 1. The number of carbonyl (C=O) groups is 1. The molecule has 0 aliphatic heterocycles. The van der Waals surface area contributed by atoms with Crippen molar-refractivity contribution in [3.63, 3.8) is 0 Å². The van der Waals surface area contributed by atoms with E-state index in [0.717, 1.165) is 17.0 Å². The Morgan fingerprint density at radius 3 is 2.76 bits per heavy atom. The highest BCUT2D eigenvalue weighted by molar-refractivity contribution is 7.98. The first-order valence-electron chi connectivity index (χ1n) is 6.35. The minimum atomic E-state index is -0.957. The van der Waals surface area contributed by atoms with Gasteiger partial charge in [-0.15, -0.1) is 0 Å². The monoisotopic (exact) mass is 304 g/mol. The van der Waals surface area contributed by atoms with Crippen LogP contribution in [0.25, 0.3) is 0 Å². The van der Waals surface area contributed by atoms with E-state index in [1.807, 2.05) is 19.1 Å². The van der Waals surface area contributed by atoms with Crippen LogP contribution in [0.1, 0.15) is 27.3 Å². The van der Waals surface area contributed by atoms with Crippen molar-refractivity contribution >= 4 is 17.7 Å². The number of aromatic nitrogens is 2. The summed E-state index contributed by atoms with van der Waals surface area (Å²) in [5, 5.41) is 9.85. The lowest BCUT2D eigenvalue weighted by Gasteiger charge is -2.09. The fourth-order valence-corrected chi connectivity index (χ4v) is 3.01. The van der Waals surface area contributed by atoms with Crippen LogP contribution in [0.5, 0.6) is 5.88 Å². The van der Waals surface area contributed by atoms with Crippen LogP contribution in [0.15, 0.2) is 29.3 Å². The fourth-order valence-electron chi connectivity index (χ4n) is 1.96. The van der Waals surface area contributed by atoms with Gasteiger partial charge in [0.25, 0.3) is 0 Å². The predicted molar refractivity (Wildman–Crippen MR) is 81.0 cm³/mol. The Kier molecular flexibility index (Phi) is 4.80. The summed E-state index contributed by atoms with van der Waals surface area (Å²) in [6, 6.07) is 7.27. The maximum atomic E-state index is 11.4. The third-order valence-electron chi connectivity index (χ3n) is 2.87. The Hall–Kier alpha value is -2.08. The summed E-state index contributed by atoms with van der Waals surface area (Å²) in [4.78, 5) is 20.0. The zero-order valence-corrected chi connectivity index (χ0v) is 12.9. The average Bonchev–Trinajstić information content (AvgIpc) is 2.44. The molecule has 2 rings (SSSR count). The van der Waals surface area contributed by atoms with Gasteiger partial charge in [-0.05, 0) is 31.5 Å². The molecular weight excluding hydrogens is 288 g/mol. The number of aryl methyl sites for hydroxylation is 2. The SMILES string of the molecule is COc1cccc(CSc2nc(C)cc(C)c2C(=O)O)n1. The number of nitrogens with zero attached hydrogens (tertiary/aromatic N) is 2. The van der Waals surface area contributed by atoms with Crippen molar-refractivity contribution in [2.75, 3.05) is 7.11 Å². The Bertz CT molecular complexity index is 674. The quantitative estimate of drug-likeness (QED) is 0.856. The van der Waals surface area contributed by atoms with E-state index >= 15 is 0 Å². The van der Waals surface area contributed by atoms with E-state index in [9.17, 15) is 9.90 Å². The van der Waals surface area contributed by atoms with Crippen LogP contribution in [0.4, 0.5) is 0 Å². The Labute approximate surface area is 127 Å². The molecular formula is C15H16N2O3S. The van der Waals surface area contributed by atoms with Crippen LogP contribution in [-0.4, -0.2) is 28.2 Å². The molecule has 21 heavy (non-hydrogen) atoms.